The van der Waals surface area contributed by atoms with E-state index >= 15 is 0 Å². The third kappa shape index (κ3) is 4.56. The minimum Gasteiger partial charge on any atom is -0.497 e. The Labute approximate surface area is 161 Å². The number of anilines is 1. The van der Waals surface area contributed by atoms with Crippen LogP contribution in [0.15, 0.2) is 24.3 Å². The topological polar surface area (TPSA) is 75.6 Å². The molecule has 1 saturated heterocycles. The Hall–Kier alpha value is -2.19. The fourth-order valence-corrected chi connectivity index (χ4v) is 4.19. The third-order valence-electron chi connectivity index (χ3n) is 4.85. The van der Waals surface area contributed by atoms with Crippen LogP contribution in [-0.2, 0) is 16.4 Å². The predicted molar refractivity (Wildman–Crippen MR) is 106 cm³/mol. The van der Waals surface area contributed by atoms with E-state index < -0.39 is 10.0 Å². The zero-order chi connectivity index (χ0) is 19.6. The smallest absolute Gasteiger partial charge is 0.211 e. The van der Waals surface area contributed by atoms with Gasteiger partial charge in [-0.25, -0.2) is 18.4 Å². The normalized spacial score (nSPS) is 15.8. The number of sulfonamides is 1. The summed E-state index contributed by atoms with van der Waals surface area (Å²) in [5.41, 5.74) is 3.19. The van der Waals surface area contributed by atoms with Gasteiger partial charge in [0.05, 0.1) is 13.4 Å². The van der Waals surface area contributed by atoms with Crippen LogP contribution in [0.3, 0.4) is 0 Å². The Bertz CT molecular complexity index is 905. The second kappa shape index (κ2) is 7.82. The van der Waals surface area contributed by atoms with E-state index in [2.05, 4.69) is 9.88 Å². The molecule has 2 aromatic rings. The van der Waals surface area contributed by atoms with Gasteiger partial charge in [0.2, 0.25) is 10.0 Å². The summed E-state index contributed by atoms with van der Waals surface area (Å²) in [5, 5.41) is 0. The maximum atomic E-state index is 11.8. The summed E-state index contributed by atoms with van der Waals surface area (Å²) in [6, 6.07) is 7.99. The Morgan fingerprint density at radius 1 is 1.04 bits per heavy atom. The Kier molecular flexibility index (Phi) is 5.67. The lowest BCUT2D eigenvalue weighted by Crippen LogP contribution is -2.49. The number of hydrogen-bond donors (Lipinski definition) is 0. The van der Waals surface area contributed by atoms with E-state index in [1.165, 1.54) is 10.6 Å². The number of piperazine rings is 1. The number of ether oxygens (including phenoxy) is 1. The van der Waals surface area contributed by atoms with Gasteiger partial charge in [0.1, 0.15) is 17.4 Å². The van der Waals surface area contributed by atoms with Crippen molar-refractivity contribution in [3.63, 3.8) is 0 Å². The van der Waals surface area contributed by atoms with Gasteiger partial charge in [-0.05, 0) is 31.5 Å². The molecule has 146 valence electrons. The fraction of sp³-hybridized carbons (Fsp3) is 0.474. The van der Waals surface area contributed by atoms with Crippen molar-refractivity contribution >= 4 is 15.8 Å². The molecule has 1 aliphatic rings. The highest BCUT2D eigenvalue weighted by molar-refractivity contribution is 7.88. The van der Waals surface area contributed by atoms with Crippen LogP contribution in [0.1, 0.15) is 22.6 Å². The van der Waals surface area contributed by atoms with E-state index in [0.29, 0.717) is 26.2 Å². The summed E-state index contributed by atoms with van der Waals surface area (Å²) in [6.07, 6.45) is 1.98. The van der Waals surface area contributed by atoms with Crippen molar-refractivity contribution in [3.05, 3.63) is 46.9 Å². The molecule has 0 radical (unpaired) electrons. The molecule has 3 rings (SSSR count). The Morgan fingerprint density at radius 2 is 1.67 bits per heavy atom. The quantitative estimate of drug-likeness (QED) is 0.775. The number of nitrogens with zero attached hydrogens (tertiary/aromatic N) is 4. The Morgan fingerprint density at radius 3 is 2.22 bits per heavy atom. The zero-order valence-electron chi connectivity index (χ0n) is 16.3. The molecule has 8 heteroatoms. The van der Waals surface area contributed by atoms with Crippen molar-refractivity contribution in [1.29, 1.82) is 0 Å². The number of rotatable bonds is 5. The van der Waals surface area contributed by atoms with Crippen molar-refractivity contribution < 1.29 is 13.2 Å². The fourth-order valence-electron chi connectivity index (χ4n) is 3.37. The first-order valence-electron chi connectivity index (χ1n) is 8.95. The van der Waals surface area contributed by atoms with Crippen LogP contribution in [0.5, 0.6) is 5.75 Å². The number of benzene rings is 1. The molecule has 0 unspecified atom stereocenters. The van der Waals surface area contributed by atoms with Crippen molar-refractivity contribution in [2.24, 2.45) is 0 Å². The summed E-state index contributed by atoms with van der Waals surface area (Å²) in [7, 11) is -1.50. The number of aryl methyl sites for hydroxylation is 2. The highest BCUT2D eigenvalue weighted by atomic mass is 32.2. The second-order valence-electron chi connectivity index (χ2n) is 6.83. The van der Waals surface area contributed by atoms with Crippen molar-refractivity contribution in [1.82, 2.24) is 14.3 Å². The van der Waals surface area contributed by atoms with Crippen LogP contribution in [0.4, 0.5) is 5.82 Å². The van der Waals surface area contributed by atoms with E-state index in [1.54, 1.807) is 7.11 Å². The van der Waals surface area contributed by atoms with Gasteiger partial charge in [-0.1, -0.05) is 12.1 Å². The molecule has 0 atom stereocenters. The summed E-state index contributed by atoms with van der Waals surface area (Å²) >= 11 is 0. The van der Waals surface area contributed by atoms with E-state index in [1.807, 2.05) is 38.1 Å². The maximum Gasteiger partial charge on any atom is 0.211 e. The summed E-state index contributed by atoms with van der Waals surface area (Å²) in [4.78, 5) is 11.4. The lowest BCUT2D eigenvalue weighted by Gasteiger charge is -2.35. The molecular formula is C19H26N4O3S. The zero-order valence-corrected chi connectivity index (χ0v) is 17.1. The molecule has 1 fully saturated rings. The molecule has 0 aliphatic carbocycles. The third-order valence-corrected chi connectivity index (χ3v) is 6.15. The van der Waals surface area contributed by atoms with Gasteiger partial charge in [-0.15, -0.1) is 0 Å². The van der Waals surface area contributed by atoms with Gasteiger partial charge in [-0.3, -0.25) is 0 Å². The van der Waals surface area contributed by atoms with Gasteiger partial charge >= 0.3 is 0 Å². The van der Waals surface area contributed by atoms with E-state index in [-0.39, 0.29) is 0 Å². The first-order chi connectivity index (χ1) is 12.8. The standard InChI is InChI=1S/C19H26N4O3S/c1-14-18(13-16-5-7-17(26-3)8-6-16)19(21-15(2)20-14)22-9-11-23(12-10-22)27(4,24)25/h5-8H,9-13H2,1-4H3. The monoisotopic (exact) mass is 390 g/mol. The highest BCUT2D eigenvalue weighted by Gasteiger charge is 2.26. The molecule has 0 N–H and O–H groups in total. The average molecular weight is 391 g/mol. The van der Waals surface area contributed by atoms with E-state index in [0.717, 1.165) is 40.6 Å². The molecule has 27 heavy (non-hydrogen) atoms. The second-order valence-corrected chi connectivity index (χ2v) is 8.81. The molecule has 1 aromatic heterocycles. The number of hydrogen-bond acceptors (Lipinski definition) is 6. The lowest BCUT2D eigenvalue weighted by molar-refractivity contribution is 0.386. The van der Waals surface area contributed by atoms with Gasteiger partial charge in [-0.2, -0.15) is 4.31 Å². The molecule has 0 amide bonds. The SMILES string of the molecule is COc1ccc(Cc2c(C)nc(C)nc2N2CCN(S(C)(=O)=O)CC2)cc1. The van der Waals surface area contributed by atoms with E-state index in [9.17, 15) is 8.42 Å². The van der Waals surface area contributed by atoms with Gasteiger partial charge in [0.15, 0.2) is 0 Å². The lowest BCUT2D eigenvalue weighted by atomic mass is 10.0. The summed E-state index contributed by atoms with van der Waals surface area (Å²) in [6.45, 7) is 6.09. The van der Waals surface area contributed by atoms with Crippen LogP contribution >= 0.6 is 0 Å². The largest absolute Gasteiger partial charge is 0.497 e. The van der Waals surface area contributed by atoms with Gasteiger partial charge < -0.3 is 9.64 Å². The van der Waals surface area contributed by atoms with Crippen LogP contribution in [0.25, 0.3) is 0 Å². The minimum absolute atomic E-state index is 0.475. The predicted octanol–water partition coefficient (Wildman–Crippen LogP) is 1.77. The molecule has 1 aliphatic heterocycles. The summed E-state index contributed by atoms with van der Waals surface area (Å²) in [5.74, 6) is 2.46. The van der Waals surface area contributed by atoms with Gasteiger partial charge in [0.25, 0.3) is 0 Å². The van der Waals surface area contributed by atoms with Crippen molar-refractivity contribution in [3.8, 4) is 5.75 Å². The molecule has 2 heterocycles. The highest BCUT2D eigenvalue weighted by Crippen LogP contribution is 2.26. The summed E-state index contributed by atoms with van der Waals surface area (Å²) < 4.78 is 30.3. The number of methoxy groups -OCH3 is 1. The molecule has 0 spiro atoms. The van der Waals surface area contributed by atoms with Crippen molar-refractivity contribution in [2.75, 3.05) is 44.4 Å². The van der Waals surface area contributed by atoms with Crippen molar-refractivity contribution in [2.45, 2.75) is 20.3 Å². The molecule has 0 bridgehead atoms. The van der Waals surface area contributed by atoms with Crippen LogP contribution < -0.4 is 9.64 Å². The first-order valence-corrected chi connectivity index (χ1v) is 10.8. The van der Waals surface area contributed by atoms with Crippen LogP contribution in [0, 0.1) is 13.8 Å². The maximum absolute atomic E-state index is 11.8. The minimum atomic E-state index is -3.15. The van der Waals surface area contributed by atoms with Crippen LogP contribution in [-0.4, -0.2) is 62.2 Å². The van der Waals surface area contributed by atoms with E-state index in [4.69, 9.17) is 9.72 Å². The molecular weight excluding hydrogens is 364 g/mol. The number of aromatic nitrogens is 2. The molecule has 7 nitrogen and oxygen atoms in total. The molecule has 1 aromatic carbocycles. The average Bonchev–Trinajstić information content (AvgIpc) is 2.63. The van der Waals surface area contributed by atoms with Crippen LogP contribution in [0.2, 0.25) is 0 Å². The van der Waals surface area contributed by atoms with Gasteiger partial charge in [0, 0.05) is 43.9 Å². The first kappa shape index (κ1) is 19.6. The molecule has 0 saturated carbocycles. The Balaban J connectivity index is 1.87.